The van der Waals surface area contributed by atoms with E-state index in [1.54, 1.807) is 18.3 Å². The minimum absolute atomic E-state index is 0.189. The van der Waals surface area contributed by atoms with Gasteiger partial charge in [-0.15, -0.1) is 0 Å². The first-order valence-electron chi connectivity index (χ1n) is 10.7. The fraction of sp³-hybridized carbons (Fsp3) is 0.167. The summed E-state index contributed by atoms with van der Waals surface area (Å²) in [6, 6.07) is 16.2. The van der Waals surface area contributed by atoms with Gasteiger partial charge in [-0.05, 0) is 54.8 Å². The third kappa shape index (κ3) is 4.26. The fourth-order valence-electron chi connectivity index (χ4n) is 3.99. The second-order valence-corrected chi connectivity index (χ2v) is 10.7. The van der Waals surface area contributed by atoms with Crippen molar-refractivity contribution in [3.05, 3.63) is 94.9 Å². The zero-order valence-electron chi connectivity index (χ0n) is 17.9. The topological polar surface area (TPSA) is 91.4 Å². The molecule has 0 saturated carbocycles. The smallest absolute Gasteiger partial charge is 0.264 e. The van der Waals surface area contributed by atoms with Crippen molar-refractivity contribution in [2.75, 3.05) is 10.8 Å². The van der Waals surface area contributed by atoms with Crippen molar-refractivity contribution in [1.29, 1.82) is 0 Å². The van der Waals surface area contributed by atoms with Gasteiger partial charge in [0.05, 0.1) is 27.5 Å². The Morgan fingerprint density at radius 2 is 1.97 bits per heavy atom. The van der Waals surface area contributed by atoms with E-state index in [1.165, 1.54) is 28.2 Å². The van der Waals surface area contributed by atoms with Crippen molar-refractivity contribution in [2.24, 2.45) is 0 Å². The first-order valence-corrected chi connectivity index (χ1v) is 13.1. The highest BCUT2D eigenvalue weighted by Crippen LogP contribution is 2.32. The number of nitrogens with zero attached hydrogens (tertiary/aromatic N) is 2. The predicted octanol–water partition coefficient (Wildman–Crippen LogP) is 3.71. The average molecular weight is 497 g/mol. The van der Waals surface area contributed by atoms with Crippen LogP contribution in [0, 0.1) is 5.82 Å². The molecule has 0 saturated heterocycles. The fourth-order valence-corrected chi connectivity index (χ4v) is 6.37. The summed E-state index contributed by atoms with van der Waals surface area (Å²) in [5, 5.41) is 7.65. The lowest BCUT2D eigenvalue weighted by Crippen LogP contribution is -2.40. The Labute approximate surface area is 201 Å². The number of aryl methyl sites for hydroxylation is 1. The Balaban J connectivity index is 1.31. The maximum Gasteiger partial charge on any atom is 0.264 e. The van der Waals surface area contributed by atoms with Gasteiger partial charge in [0.1, 0.15) is 5.82 Å². The van der Waals surface area contributed by atoms with Crippen LogP contribution in [-0.4, -0.2) is 31.4 Å². The molecule has 5 rings (SSSR count). The third-order valence-corrected chi connectivity index (χ3v) is 8.34. The van der Waals surface area contributed by atoms with Crippen molar-refractivity contribution in [3.63, 3.8) is 0 Å². The molecule has 2 N–H and O–H groups in total. The normalized spacial score (nSPS) is 17.5. The lowest BCUT2D eigenvalue weighted by atomic mass is 10.0. The van der Waals surface area contributed by atoms with Gasteiger partial charge in [0.2, 0.25) is 0 Å². The van der Waals surface area contributed by atoms with Crippen molar-refractivity contribution in [1.82, 2.24) is 15.6 Å². The van der Waals surface area contributed by atoms with Crippen LogP contribution in [0.5, 0.6) is 0 Å². The number of carbonyl (C=O) groups excluding carboxylic acids is 1. The van der Waals surface area contributed by atoms with E-state index in [9.17, 15) is 17.6 Å². The Hall–Kier alpha value is -3.37. The Bertz CT molecular complexity index is 1380. The summed E-state index contributed by atoms with van der Waals surface area (Å²) >= 11 is 1.32. The summed E-state index contributed by atoms with van der Waals surface area (Å²) in [6.45, 7) is 0.319. The number of nitrogens with one attached hydrogen (secondary N) is 2. The summed E-state index contributed by atoms with van der Waals surface area (Å²) in [4.78, 5) is 16.8. The minimum atomic E-state index is -3.97. The summed E-state index contributed by atoms with van der Waals surface area (Å²) in [5.41, 5.74) is 2.29. The number of para-hydroxylation sites is 1. The van der Waals surface area contributed by atoms with Crippen LogP contribution in [0.2, 0.25) is 0 Å². The Kier molecular flexibility index (Phi) is 6.01. The second-order valence-electron chi connectivity index (χ2n) is 7.83. The third-order valence-electron chi connectivity index (χ3n) is 5.65. The number of aromatic nitrogens is 1. The van der Waals surface area contributed by atoms with E-state index in [-0.39, 0.29) is 10.5 Å². The number of amides is 1. The Morgan fingerprint density at radius 3 is 2.76 bits per heavy atom. The van der Waals surface area contributed by atoms with Crippen molar-refractivity contribution in [3.8, 4) is 0 Å². The molecule has 0 radical (unpaired) electrons. The quantitative estimate of drug-likeness (QED) is 0.560. The number of anilines is 1. The highest BCUT2D eigenvalue weighted by atomic mass is 32.2. The molecular formula is C24H21FN4O3S2. The molecule has 0 aliphatic carbocycles. The van der Waals surface area contributed by atoms with Crippen LogP contribution >= 0.6 is 11.8 Å². The largest absolute Gasteiger partial charge is 0.354 e. The first kappa shape index (κ1) is 22.4. The SMILES string of the molecule is O=C(NC1NC(c2ccccn2)=CS1)c1ccc(S(=O)(=O)N2CCCc3ccccc32)cc1F. The van der Waals surface area contributed by atoms with Gasteiger partial charge in [0.25, 0.3) is 15.9 Å². The number of pyridine rings is 1. The molecule has 1 atom stereocenters. The van der Waals surface area contributed by atoms with E-state index >= 15 is 0 Å². The average Bonchev–Trinajstić information content (AvgIpc) is 3.32. The molecule has 10 heteroatoms. The lowest BCUT2D eigenvalue weighted by molar-refractivity contribution is 0.0944. The molecule has 3 heterocycles. The monoisotopic (exact) mass is 496 g/mol. The highest BCUT2D eigenvalue weighted by molar-refractivity contribution is 8.03. The second kappa shape index (κ2) is 9.11. The van der Waals surface area contributed by atoms with E-state index in [0.29, 0.717) is 18.7 Å². The van der Waals surface area contributed by atoms with Gasteiger partial charge in [-0.1, -0.05) is 36.0 Å². The number of thioether (sulfide) groups is 1. The van der Waals surface area contributed by atoms with Gasteiger partial charge in [-0.25, -0.2) is 12.8 Å². The lowest BCUT2D eigenvalue weighted by Gasteiger charge is -2.30. The molecule has 2 aliphatic heterocycles. The van der Waals surface area contributed by atoms with Gasteiger partial charge in [-0.2, -0.15) is 0 Å². The number of rotatable bonds is 5. The van der Waals surface area contributed by atoms with E-state index < -0.39 is 27.2 Å². The van der Waals surface area contributed by atoms with Crippen LogP contribution in [0.4, 0.5) is 10.1 Å². The van der Waals surface area contributed by atoms with E-state index in [1.807, 2.05) is 35.7 Å². The van der Waals surface area contributed by atoms with Crippen LogP contribution in [-0.2, 0) is 16.4 Å². The van der Waals surface area contributed by atoms with Gasteiger partial charge in [0.15, 0.2) is 5.50 Å². The van der Waals surface area contributed by atoms with Crippen molar-refractivity contribution >= 4 is 39.1 Å². The van der Waals surface area contributed by atoms with Crippen LogP contribution in [0.25, 0.3) is 5.70 Å². The molecule has 0 bridgehead atoms. The molecular weight excluding hydrogens is 475 g/mol. The highest BCUT2D eigenvalue weighted by Gasteiger charge is 2.30. The van der Waals surface area contributed by atoms with Crippen molar-refractivity contribution < 1.29 is 17.6 Å². The maximum atomic E-state index is 14.9. The van der Waals surface area contributed by atoms with Gasteiger partial charge in [-0.3, -0.25) is 14.1 Å². The van der Waals surface area contributed by atoms with E-state index in [0.717, 1.165) is 29.4 Å². The van der Waals surface area contributed by atoms with Crippen LogP contribution in [0.1, 0.15) is 28.0 Å². The van der Waals surface area contributed by atoms with Gasteiger partial charge >= 0.3 is 0 Å². The van der Waals surface area contributed by atoms with E-state index in [2.05, 4.69) is 15.6 Å². The standard InChI is InChI=1S/C24H21FN4O3S2/c25-19-14-17(34(31,32)29-13-5-7-16-6-1-2-9-22(16)29)10-11-18(19)23(30)28-24-27-21(15-33-24)20-8-3-4-12-26-20/h1-4,6,8-12,14-15,24,27H,5,7,13H2,(H,28,30). The molecule has 0 spiro atoms. The number of hydrogen-bond donors (Lipinski definition) is 2. The summed E-state index contributed by atoms with van der Waals surface area (Å²) < 4.78 is 42.8. The van der Waals surface area contributed by atoms with Crippen LogP contribution in [0.3, 0.4) is 0 Å². The number of hydrogen-bond acceptors (Lipinski definition) is 6. The summed E-state index contributed by atoms with van der Waals surface area (Å²) in [5.74, 6) is -1.55. The molecule has 1 amide bonds. The van der Waals surface area contributed by atoms with Gasteiger partial charge in [0, 0.05) is 18.1 Å². The molecule has 2 aliphatic rings. The minimum Gasteiger partial charge on any atom is -0.354 e. The molecule has 174 valence electrons. The molecule has 0 fully saturated rings. The molecule has 1 unspecified atom stereocenters. The predicted molar refractivity (Wildman–Crippen MR) is 130 cm³/mol. The van der Waals surface area contributed by atoms with Crippen molar-refractivity contribution in [2.45, 2.75) is 23.2 Å². The maximum absolute atomic E-state index is 14.9. The number of carbonyl (C=O) groups is 1. The summed E-state index contributed by atoms with van der Waals surface area (Å²) in [6.07, 6.45) is 3.14. The molecule has 34 heavy (non-hydrogen) atoms. The van der Waals surface area contributed by atoms with E-state index in [4.69, 9.17) is 0 Å². The van der Waals surface area contributed by atoms with Crippen LogP contribution in [0.15, 0.2) is 77.2 Å². The first-order chi connectivity index (χ1) is 16.4. The number of sulfonamides is 1. The molecule has 1 aromatic heterocycles. The Morgan fingerprint density at radius 1 is 1.15 bits per heavy atom. The number of benzene rings is 2. The molecule has 7 nitrogen and oxygen atoms in total. The van der Waals surface area contributed by atoms with Gasteiger partial charge < -0.3 is 10.6 Å². The number of fused-ring (bicyclic) bond motifs is 1. The molecule has 2 aromatic carbocycles. The zero-order chi connectivity index (χ0) is 23.7. The number of halogens is 1. The zero-order valence-corrected chi connectivity index (χ0v) is 19.6. The molecule has 3 aromatic rings. The van der Waals surface area contributed by atoms with Crippen LogP contribution < -0.4 is 14.9 Å². The summed E-state index contributed by atoms with van der Waals surface area (Å²) in [7, 11) is -3.97.